The molecule has 2 aliphatic rings. The summed E-state index contributed by atoms with van der Waals surface area (Å²) in [5.74, 6) is -0.298. The Kier molecular flexibility index (Phi) is 8.26. The van der Waals surface area contributed by atoms with Gasteiger partial charge in [-0.05, 0) is 35.2 Å². The second-order valence-electron chi connectivity index (χ2n) is 11.2. The highest BCUT2D eigenvalue weighted by Gasteiger charge is 2.52. The highest BCUT2D eigenvalue weighted by Crippen LogP contribution is 2.45. The van der Waals surface area contributed by atoms with Crippen molar-refractivity contribution in [2.45, 2.75) is 51.7 Å². The zero-order valence-corrected chi connectivity index (χ0v) is 23.4. The van der Waals surface area contributed by atoms with E-state index >= 15 is 0 Å². The summed E-state index contributed by atoms with van der Waals surface area (Å²) >= 11 is 12.6. The summed E-state index contributed by atoms with van der Waals surface area (Å²) in [4.78, 5) is 42.5. The number of nitrogens with two attached hydrogens (primary N) is 1. The van der Waals surface area contributed by atoms with Crippen LogP contribution in [0.15, 0.2) is 42.5 Å². The maximum atomic E-state index is 14.0. The van der Waals surface area contributed by atoms with Gasteiger partial charge in [0.2, 0.25) is 11.8 Å². The van der Waals surface area contributed by atoms with E-state index in [2.05, 4.69) is 26.1 Å². The fourth-order valence-corrected chi connectivity index (χ4v) is 5.81. The molecule has 2 heterocycles. The number of benzene rings is 2. The minimum absolute atomic E-state index is 0.0364. The van der Waals surface area contributed by atoms with Gasteiger partial charge in [-0.25, -0.2) is 4.79 Å². The molecular weight excluding hydrogens is 527 g/mol. The Labute approximate surface area is 233 Å². The van der Waals surface area contributed by atoms with Gasteiger partial charge in [0.15, 0.2) is 0 Å². The molecule has 10 heteroatoms. The number of amides is 3. The quantitative estimate of drug-likeness (QED) is 0.505. The van der Waals surface area contributed by atoms with E-state index in [0.29, 0.717) is 54.6 Å². The van der Waals surface area contributed by atoms with Gasteiger partial charge < -0.3 is 20.7 Å². The van der Waals surface area contributed by atoms with E-state index < -0.39 is 11.6 Å². The Morgan fingerprint density at radius 1 is 1.13 bits per heavy atom. The maximum absolute atomic E-state index is 14.0. The number of anilines is 1. The first kappa shape index (κ1) is 28.2. The lowest BCUT2D eigenvalue weighted by molar-refractivity contribution is -0.140. The largest absolute Gasteiger partial charge is 0.446 e. The molecule has 0 aliphatic carbocycles. The molecule has 1 atom stereocenters. The highest BCUT2D eigenvalue weighted by molar-refractivity contribution is 6.31. The molecule has 0 spiro atoms. The fraction of sp³-hybridized carbons (Fsp3) is 0.464. The van der Waals surface area contributed by atoms with Crippen molar-refractivity contribution in [3.05, 3.63) is 63.6 Å². The van der Waals surface area contributed by atoms with Gasteiger partial charge in [0.05, 0.1) is 6.54 Å². The second kappa shape index (κ2) is 11.1. The number of rotatable bonds is 7. The van der Waals surface area contributed by atoms with Gasteiger partial charge in [-0.2, -0.15) is 0 Å². The first-order valence-electron chi connectivity index (χ1n) is 12.7. The van der Waals surface area contributed by atoms with Gasteiger partial charge in [0.1, 0.15) is 11.6 Å². The average molecular weight is 562 g/mol. The number of carbonyl (C=O) groups is 3. The number of primary amides is 1. The van der Waals surface area contributed by atoms with Gasteiger partial charge in [-0.1, -0.05) is 62.2 Å². The molecule has 4 rings (SSSR count). The van der Waals surface area contributed by atoms with Crippen LogP contribution in [0.5, 0.6) is 0 Å². The van der Waals surface area contributed by atoms with Crippen LogP contribution in [-0.4, -0.2) is 60.0 Å². The molecule has 0 bridgehead atoms. The van der Waals surface area contributed by atoms with Crippen molar-refractivity contribution in [2.24, 2.45) is 11.1 Å². The average Bonchev–Trinajstić information content (AvgIpc) is 3.08. The number of fused-ring (bicyclic) bond motifs is 1. The van der Waals surface area contributed by atoms with E-state index in [0.717, 1.165) is 11.1 Å². The molecule has 1 fully saturated rings. The summed E-state index contributed by atoms with van der Waals surface area (Å²) in [6.45, 7) is 7.66. The third-order valence-electron chi connectivity index (χ3n) is 7.01. The Bertz CT molecular complexity index is 1220. The summed E-state index contributed by atoms with van der Waals surface area (Å²) in [5, 5.41) is 4.12. The number of hydrogen-bond donors (Lipinski definition) is 2. The molecule has 0 aromatic heterocycles. The summed E-state index contributed by atoms with van der Waals surface area (Å²) in [6, 6.07) is 12.8. The molecule has 204 valence electrons. The van der Waals surface area contributed by atoms with E-state index in [-0.39, 0.29) is 29.9 Å². The van der Waals surface area contributed by atoms with Gasteiger partial charge in [-0.3, -0.25) is 14.5 Å². The van der Waals surface area contributed by atoms with E-state index in [1.54, 1.807) is 23.1 Å². The van der Waals surface area contributed by atoms with Crippen molar-refractivity contribution in [2.75, 3.05) is 31.5 Å². The van der Waals surface area contributed by atoms with Crippen LogP contribution in [0, 0.1) is 5.41 Å². The molecule has 38 heavy (non-hydrogen) atoms. The van der Waals surface area contributed by atoms with E-state index in [9.17, 15) is 14.4 Å². The van der Waals surface area contributed by atoms with Crippen LogP contribution in [-0.2, 0) is 26.3 Å². The molecule has 1 unspecified atom stereocenters. The zero-order chi connectivity index (χ0) is 27.7. The smallest absolute Gasteiger partial charge is 0.404 e. The van der Waals surface area contributed by atoms with Crippen LogP contribution < -0.4 is 11.1 Å². The maximum Gasteiger partial charge on any atom is 0.404 e. The van der Waals surface area contributed by atoms with Crippen molar-refractivity contribution in [1.29, 1.82) is 0 Å². The van der Waals surface area contributed by atoms with Crippen LogP contribution >= 0.6 is 23.2 Å². The minimum atomic E-state index is -1.15. The molecule has 8 nitrogen and oxygen atoms in total. The Balaban J connectivity index is 1.71. The van der Waals surface area contributed by atoms with Crippen molar-refractivity contribution in [3.8, 4) is 0 Å². The third kappa shape index (κ3) is 6.25. The SMILES string of the molecule is CC(C)(C)CN(CC(=O)N1CCC(OC(N)=O)CC1)C1(Cc2cccc(Cl)c2)C(=O)Nc2cc(Cl)ccc21. The Morgan fingerprint density at radius 2 is 1.82 bits per heavy atom. The molecular formula is C28H34Cl2N4O4. The Hall–Kier alpha value is -2.81. The van der Waals surface area contributed by atoms with E-state index in [1.807, 2.05) is 29.2 Å². The number of piperidine rings is 1. The summed E-state index contributed by atoms with van der Waals surface area (Å²) in [5.41, 5.74) is 6.08. The Morgan fingerprint density at radius 3 is 2.45 bits per heavy atom. The summed E-state index contributed by atoms with van der Waals surface area (Å²) < 4.78 is 5.12. The number of carbonyl (C=O) groups excluding carboxylic acids is 3. The predicted octanol–water partition coefficient (Wildman–Crippen LogP) is 4.82. The second-order valence-corrected chi connectivity index (χ2v) is 12.1. The van der Waals surface area contributed by atoms with Crippen LogP contribution in [0.25, 0.3) is 0 Å². The number of hydrogen-bond acceptors (Lipinski definition) is 5. The molecule has 3 N–H and O–H groups in total. The lowest BCUT2D eigenvalue weighted by Gasteiger charge is -2.44. The van der Waals surface area contributed by atoms with Crippen LogP contribution in [0.2, 0.25) is 10.0 Å². The summed E-state index contributed by atoms with van der Waals surface area (Å²) in [6.07, 6.45) is 0.257. The monoisotopic (exact) mass is 560 g/mol. The van der Waals surface area contributed by atoms with Crippen LogP contribution in [0.1, 0.15) is 44.7 Å². The highest BCUT2D eigenvalue weighted by atomic mass is 35.5. The van der Waals surface area contributed by atoms with Crippen LogP contribution in [0.3, 0.4) is 0 Å². The van der Waals surface area contributed by atoms with Gasteiger partial charge in [0.25, 0.3) is 0 Å². The van der Waals surface area contributed by atoms with Gasteiger partial charge >= 0.3 is 6.09 Å². The van der Waals surface area contributed by atoms with Crippen LogP contribution in [0.4, 0.5) is 10.5 Å². The molecule has 2 aromatic rings. The van der Waals surface area contributed by atoms with Gasteiger partial charge in [-0.15, -0.1) is 0 Å². The first-order chi connectivity index (χ1) is 17.9. The van der Waals surface area contributed by atoms with Crippen molar-refractivity contribution < 1.29 is 19.1 Å². The predicted molar refractivity (Wildman–Crippen MR) is 148 cm³/mol. The zero-order valence-electron chi connectivity index (χ0n) is 21.9. The molecule has 1 saturated heterocycles. The topological polar surface area (TPSA) is 105 Å². The molecule has 2 aliphatic heterocycles. The first-order valence-corrected chi connectivity index (χ1v) is 13.5. The van der Waals surface area contributed by atoms with Crippen molar-refractivity contribution >= 4 is 46.8 Å². The van der Waals surface area contributed by atoms with Crippen molar-refractivity contribution in [1.82, 2.24) is 9.80 Å². The number of nitrogens with zero attached hydrogens (tertiary/aromatic N) is 2. The lowest BCUT2D eigenvalue weighted by atomic mass is 9.81. The number of likely N-dealkylation sites (tertiary alicyclic amines) is 1. The summed E-state index contributed by atoms with van der Waals surface area (Å²) in [7, 11) is 0. The standard InChI is InChI=1S/C28H34Cl2N4O4/c1-27(2,3)17-34(16-24(35)33-11-9-21(10-12-33)38-26(31)37)28(15-18-5-4-6-19(29)13-18)22-8-7-20(30)14-23(22)32-25(28)36/h4-8,13-14,21H,9-12,15-17H2,1-3H3,(H2,31,37)(H,32,36). The third-order valence-corrected chi connectivity index (χ3v) is 7.48. The van der Waals surface area contributed by atoms with E-state index in [4.69, 9.17) is 33.7 Å². The fourth-order valence-electron chi connectivity index (χ4n) is 5.42. The van der Waals surface area contributed by atoms with Crippen molar-refractivity contribution in [3.63, 3.8) is 0 Å². The molecule has 0 radical (unpaired) electrons. The van der Waals surface area contributed by atoms with E-state index in [1.165, 1.54) is 0 Å². The number of nitrogens with one attached hydrogen (secondary N) is 1. The molecule has 0 saturated carbocycles. The molecule has 3 amide bonds. The van der Waals surface area contributed by atoms with Gasteiger partial charge in [0, 0.05) is 60.2 Å². The normalized spacial score (nSPS) is 19.8. The number of ether oxygens (including phenoxy) is 1. The minimum Gasteiger partial charge on any atom is -0.446 e. The number of halogens is 2. The lowest BCUT2D eigenvalue weighted by Crippen LogP contribution is -2.58. The molecule has 2 aromatic carbocycles.